The van der Waals surface area contributed by atoms with Gasteiger partial charge < -0.3 is 19.5 Å². The van der Waals surface area contributed by atoms with Gasteiger partial charge in [-0.25, -0.2) is 18.0 Å². The van der Waals surface area contributed by atoms with Crippen molar-refractivity contribution < 1.29 is 45.3 Å². The largest absolute Gasteiger partial charge is 0.492 e. The number of nitrogens with zero attached hydrogens (tertiary/aromatic N) is 1. The standard InChI is InChI=1S/C32H32F6N2O4/c1-2-42-31(41)29(44-23-9-5-21(6-10-23)32(36,37)38)13-19-3-7-22(8-4-19)43-12-11-39-30-24-17-40(18-25(24)30)16-20-14-27(34)28(35)15-26(20)33/h3-10,14-15,24-25,29-30,39H,2,11-13,16-18H2,1H3/t24-,25?,29-,30?/m0/s1. The van der Waals surface area contributed by atoms with E-state index in [1.165, 1.54) is 12.1 Å². The number of benzene rings is 3. The molecule has 5 rings (SSSR count). The van der Waals surface area contributed by atoms with Gasteiger partial charge in [-0.2, -0.15) is 13.2 Å². The number of hydrogen-bond donors (Lipinski definition) is 1. The molecule has 12 heteroatoms. The Kier molecular flexibility index (Phi) is 9.69. The molecule has 0 bridgehead atoms. The second-order valence-electron chi connectivity index (χ2n) is 10.9. The summed E-state index contributed by atoms with van der Waals surface area (Å²) in [6.07, 6.45) is -5.38. The van der Waals surface area contributed by atoms with E-state index in [4.69, 9.17) is 14.2 Å². The van der Waals surface area contributed by atoms with Crippen LogP contribution in [0.4, 0.5) is 26.3 Å². The summed E-state index contributed by atoms with van der Waals surface area (Å²) in [5.74, 6) is -2.02. The number of halogens is 6. The average molecular weight is 623 g/mol. The minimum Gasteiger partial charge on any atom is -0.492 e. The van der Waals surface area contributed by atoms with Crippen molar-refractivity contribution in [3.63, 3.8) is 0 Å². The van der Waals surface area contributed by atoms with Crippen LogP contribution in [0.15, 0.2) is 60.7 Å². The summed E-state index contributed by atoms with van der Waals surface area (Å²) in [5, 5.41) is 3.47. The first kappa shape index (κ1) is 31.6. The quantitative estimate of drug-likeness (QED) is 0.113. The zero-order chi connectivity index (χ0) is 31.4. The lowest BCUT2D eigenvalue weighted by Crippen LogP contribution is -2.33. The molecule has 4 atom stereocenters. The van der Waals surface area contributed by atoms with Crippen LogP contribution in [-0.2, 0) is 28.7 Å². The van der Waals surface area contributed by atoms with Crippen LogP contribution in [0.3, 0.4) is 0 Å². The molecular formula is C32H32F6N2O4. The van der Waals surface area contributed by atoms with Crippen molar-refractivity contribution in [2.75, 3.05) is 32.8 Å². The number of likely N-dealkylation sites (tertiary alicyclic amines) is 1. The van der Waals surface area contributed by atoms with Crippen molar-refractivity contribution in [2.45, 2.75) is 38.2 Å². The number of ether oxygens (including phenoxy) is 3. The van der Waals surface area contributed by atoms with Gasteiger partial charge in [0.2, 0.25) is 0 Å². The second-order valence-corrected chi connectivity index (χ2v) is 10.9. The highest BCUT2D eigenvalue weighted by Gasteiger charge is 2.55. The molecule has 0 radical (unpaired) electrons. The van der Waals surface area contributed by atoms with Crippen LogP contribution in [0, 0.1) is 29.3 Å². The Morgan fingerprint density at radius 3 is 2.20 bits per heavy atom. The van der Waals surface area contributed by atoms with Gasteiger partial charge >= 0.3 is 12.1 Å². The summed E-state index contributed by atoms with van der Waals surface area (Å²) >= 11 is 0. The number of piperidine rings is 1. The molecule has 2 aliphatic rings. The number of carbonyl (C=O) groups is 1. The molecule has 1 aliphatic heterocycles. The van der Waals surface area contributed by atoms with Gasteiger partial charge in [-0.3, -0.25) is 4.90 Å². The van der Waals surface area contributed by atoms with Crippen molar-refractivity contribution in [1.82, 2.24) is 10.2 Å². The molecule has 6 nitrogen and oxygen atoms in total. The highest BCUT2D eigenvalue weighted by Crippen LogP contribution is 2.45. The van der Waals surface area contributed by atoms with Gasteiger partial charge in [-0.15, -0.1) is 0 Å². The number of hydrogen-bond acceptors (Lipinski definition) is 6. The molecule has 1 heterocycles. The predicted octanol–water partition coefficient (Wildman–Crippen LogP) is 5.77. The molecule has 44 heavy (non-hydrogen) atoms. The van der Waals surface area contributed by atoms with Crippen LogP contribution in [0.2, 0.25) is 0 Å². The highest BCUT2D eigenvalue weighted by atomic mass is 19.4. The van der Waals surface area contributed by atoms with E-state index < -0.39 is 41.3 Å². The fraction of sp³-hybridized carbons (Fsp3) is 0.406. The summed E-state index contributed by atoms with van der Waals surface area (Å²) in [5.41, 5.74) is 0.0846. The fourth-order valence-corrected chi connectivity index (χ4v) is 5.60. The molecule has 3 aromatic rings. The SMILES string of the molecule is CCOC(=O)[C@H](Cc1ccc(OCCNC2C3CN(Cc4cc(F)c(F)cc4F)C[C@@H]32)cc1)Oc1ccc(C(F)(F)F)cc1. The summed E-state index contributed by atoms with van der Waals surface area (Å²) in [7, 11) is 0. The smallest absolute Gasteiger partial charge is 0.416 e. The Morgan fingerprint density at radius 2 is 1.57 bits per heavy atom. The maximum Gasteiger partial charge on any atom is 0.416 e. The van der Waals surface area contributed by atoms with E-state index in [1.54, 1.807) is 31.2 Å². The van der Waals surface area contributed by atoms with Gasteiger partial charge in [0.25, 0.3) is 0 Å². The third-order valence-corrected chi connectivity index (χ3v) is 7.86. The maximum absolute atomic E-state index is 14.0. The van der Waals surface area contributed by atoms with Crippen LogP contribution in [0.1, 0.15) is 23.6 Å². The first-order valence-electron chi connectivity index (χ1n) is 14.3. The molecule has 1 saturated carbocycles. The van der Waals surface area contributed by atoms with Gasteiger partial charge in [0.1, 0.15) is 23.9 Å². The lowest BCUT2D eigenvalue weighted by atomic mass is 10.1. The van der Waals surface area contributed by atoms with E-state index in [2.05, 4.69) is 5.32 Å². The van der Waals surface area contributed by atoms with Crippen molar-refractivity contribution >= 4 is 5.97 Å². The average Bonchev–Trinajstić information content (AvgIpc) is 3.43. The predicted molar refractivity (Wildman–Crippen MR) is 148 cm³/mol. The summed E-state index contributed by atoms with van der Waals surface area (Å²) in [6, 6.07) is 13.0. The molecule has 0 aromatic heterocycles. The van der Waals surface area contributed by atoms with Gasteiger partial charge in [0, 0.05) is 50.3 Å². The van der Waals surface area contributed by atoms with Gasteiger partial charge in [-0.05, 0) is 66.8 Å². The van der Waals surface area contributed by atoms with Gasteiger partial charge in [-0.1, -0.05) is 12.1 Å². The fourth-order valence-electron chi connectivity index (χ4n) is 5.60. The number of fused-ring (bicyclic) bond motifs is 1. The topological polar surface area (TPSA) is 60.0 Å². The molecule has 0 amide bonds. The first-order chi connectivity index (χ1) is 21.0. The molecule has 2 unspecified atom stereocenters. The Labute approximate surface area is 250 Å². The Balaban J connectivity index is 1.04. The summed E-state index contributed by atoms with van der Waals surface area (Å²) in [4.78, 5) is 14.5. The normalized spacial score (nSPS) is 20.2. The minimum absolute atomic E-state index is 0.119. The van der Waals surface area contributed by atoms with E-state index >= 15 is 0 Å². The molecule has 1 saturated heterocycles. The Morgan fingerprint density at radius 1 is 0.932 bits per heavy atom. The van der Waals surface area contributed by atoms with Crippen LogP contribution in [0.25, 0.3) is 0 Å². The number of esters is 1. The van der Waals surface area contributed by atoms with Crippen molar-refractivity contribution in [2.24, 2.45) is 11.8 Å². The van der Waals surface area contributed by atoms with Crippen LogP contribution < -0.4 is 14.8 Å². The van der Waals surface area contributed by atoms with E-state index in [0.717, 1.165) is 36.9 Å². The Bertz CT molecular complexity index is 1420. The zero-order valence-electron chi connectivity index (χ0n) is 23.9. The minimum atomic E-state index is -4.47. The van der Waals surface area contributed by atoms with Crippen LogP contribution in [-0.4, -0.2) is 55.9 Å². The number of rotatable bonds is 13. The molecular weight excluding hydrogens is 590 g/mol. The third-order valence-electron chi connectivity index (χ3n) is 7.86. The van der Waals surface area contributed by atoms with Crippen LogP contribution >= 0.6 is 0 Å². The first-order valence-corrected chi connectivity index (χ1v) is 14.3. The van der Waals surface area contributed by atoms with Crippen molar-refractivity contribution in [3.05, 3.63) is 94.8 Å². The van der Waals surface area contributed by atoms with Gasteiger partial charge in [0.15, 0.2) is 17.7 Å². The molecule has 236 valence electrons. The number of nitrogens with one attached hydrogen (secondary N) is 1. The zero-order valence-corrected chi connectivity index (χ0v) is 23.9. The molecule has 3 aromatic carbocycles. The number of carbonyl (C=O) groups excluding carboxylic acids is 1. The van der Waals surface area contributed by atoms with E-state index in [1.807, 2.05) is 4.90 Å². The maximum atomic E-state index is 14.0. The molecule has 1 aliphatic carbocycles. The second kappa shape index (κ2) is 13.5. The Hall–Kier alpha value is -3.77. The summed E-state index contributed by atoms with van der Waals surface area (Å²) < 4.78 is 95.8. The lowest BCUT2D eigenvalue weighted by Gasteiger charge is -2.20. The van der Waals surface area contributed by atoms with Gasteiger partial charge in [0.05, 0.1) is 12.2 Å². The lowest BCUT2D eigenvalue weighted by molar-refractivity contribution is -0.151. The number of alkyl halides is 3. The van der Waals surface area contributed by atoms with E-state index in [-0.39, 0.29) is 30.9 Å². The van der Waals surface area contributed by atoms with Crippen molar-refractivity contribution in [3.8, 4) is 11.5 Å². The molecule has 0 spiro atoms. The third kappa shape index (κ3) is 7.84. The van der Waals surface area contributed by atoms with Crippen molar-refractivity contribution in [1.29, 1.82) is 0 Å². The van der Waals surface area contributed by atoms with E-state index in [9.17, 15) is 31.1 Å². The highest BCUT2D eigenvalue weighted by molar-refractivity contribution is 5.75. The van der Waals surface area contributed by atoms with Crippen LogP contribution in [0.5, 0.6) is 11.5 Å². The van der Waals surface area contributed by atoms with E-state index in [0.29, 0.717) is 42.8 Å². The molecule has 2 fully saturated rings. The molecule has 1 N–H and O–H groups in total. The summed E-state index contributed by atoms with van der Waals surface area (Å²) in [6.45, 7) is 4.55. The monoisotopic (exact) mass is 622 g/mol.